The average Bonchev–Trinajstić information content (AvgIpc) is 2.80. The summed E-state index contributed by atoms with van der Waals surface area (Å²) in [4.78, 5) is 2.39. The highest BCUT2D eigenvalue weighted by atomic mass is 127. The number of rotatable bonds is 3. The first-order valence-electron chi connectivity index (χ1n) is 3.92. The molecule has 2 heterocycles. The first kappa shape index (κ1) is 10.5. The third-order valence-electron chi connectivity index (χ3n) is 1.82. The van der Waals surface area contributed by atoms with Crippen LogP contribution in [0.25, 0.3) is 0 Å². The van der Waals surface area contributed by atoms with Crippen LogP contribution >= 0.6 is 45.5 Å². The first-order valence-corrected chi connectivity index (χ1v) is 6.65. The minimum atomic E-state index is 0.0781. The van der Waals surface area contributed by atoms with Gasteiger partial charge in [-0.2, -0.15) is 0 Å². The Balaban J connectivity index is 2.36. The van der Waals surface area contributed by atoms with E-state index in [0.29, 0.717) is 0 Å². The minimum absolute atomic E-state index is 0.0781. The molecule has 0 saturated heterocycles. The van der Waals surface area contributed by atoms with Crippen LogP contribution in [0.1, 0.15) is 15.8 Å². The van der Waals surface area contributed by atoms with Crippen molar-refractivity contribution in [3.63, 3.8) is 0 Å². The van der Waals surface area contributed by atoms with Gasteiger partial charge in [0.15, 0.2) is 0 Å². The fraction of sp³-hybridized carbons (Fsp3) is 0.125. The van der Waals surface area contributed by atoms with Gasteiger partial charge in [0.1, 0.15) is 0 Å². The number of hydrogen-bond acceptors (Lipinski definition) is 5. The zero-order chi connectivity index (χ0) is 9.97. The minimum Gasteiger partial charge on any atom is -0.271 e. The molecule has 0 aliphatic carbocycles. The Morgan fingerprint density at radius 2 is 2.36 bits per heavy atom. The molecule has 0 bridgehead atoms. The van der Waals surface area contributed by atoms with Crippen molar-refractivity contribution in [2.45, 2.75) is 6.04 Å². The van der Waals surface area contributed by atoms with Crippen LogP contribution in [0.3, 0.4) is 0 Å². The summed E-state index contributed by atoms with van der Waals surface area (Å²) in [7, 11) is 0. The van der Waals surface area contributed by atoms with Crippen molar-refractivity contribution < 1.29 is 0 Å². The molecule has 0 aliphatic heterocycles. The molecule has 14 heavy (non-hydrogen) atoms. The normalized spacial score (nSPS) is 13.0. The summed E-state index contributed by atoms with van der Waals surface area (Å²) in [5.41, 5.74) is 2.82. The largest absolute Gasteiger partial charge is 0.271 e. The van der Waals surface area contributed by atoms with E-state index in [-0.39, 0.29) is 6.04 Å². The summed E-state index contributed by atoms with van der Waals surface area (Å²) >= 11 is 5.50. The summed E-state index contributed by atoms with van der Waals surface area (Å²) in [6.07, 6.45) is 1.80. The lowest BCUT2D eigenvalue weighted by Gasteiger charge is -2.12. The molecule has 0 aromatic carbocycles. The second kappa shape index (κ2) is 4.67. The van der Waals surface area contributed by atoms with E-state index in [2.05, 4.69) is 43.8 Å². The van der Waals surface area contributed by atoms with Crippen LogP contribution in [0.4, 0.5) is 0 Å². The van der Waals surface area contributed by atoms with Crippen LogP contribution in [0.5, 0.6) is 0 Å². The number of nitrogens with two attached hydrogens (primary N) is 1. The molecule has 0 spiro atoms. The van der Waals surface area contributed by atoms with E-state index in [1.165, 1.54) is 20.0 Å². The Labute approximate surface area is 104 Å². The standard InChI is InChI=1S/C8H8IN3S2/c9-5-2-4-13-8(5)7(12-10)6-1-3-11-14-6/h1-4,7,12H,10H2. The molecule has 6 heteroatoms. The number of nitrogens with one attached hydrogen (secondary N) is 1. The van der Waals surface area contributed by atoms with Crippen molar-refractivity contribution in [1.29, 1.82) is 0 Å². The third-order valence-corrected chi connectivity index (χ3v) is 4.91. The molecule has 3 N–H and O–H groups in total. The second-order valence-electron chi connectivity index (χ2n) is 2.65. The topological polar surface area (TPSA) is 50.9 Å². The molecule has 0 radical (unpaired) electrons. The Morgan fingerprint density at radius 1 is 1.50 bits per heavy atom. The molecule has 1 unspecified atom stereocenters. The van der Waals surface area contributed by atoms with Crippen LogP contribution in [0.2, 0.25) is 0 Å². The lowest BCUT2D eigenvalue weighted by Crippen LogP contribution is -2.28. The highest BCUT2D eigenvalue weighted by Gasteiger charge is 2.17. The van der Waals surface area contributed by atoms with Gasteiger partial charge in [-0.05, 0) is 51.6 Å². The lowest BCUT2D eigenvalue weighted by atomic mass is 10.2. The highest BCUT2D eigenvalue weighted by molar-refractivity contribution is 14.1. The van der Waals surface area contributed by atoms with Gasteiger partial charge in [0.25, 0.3) is 0 Å². The van der Waals surface area contributed by atoms with E-state index in [0.717, 1.165) is 4.88 Å². The zero-order valence-electron chi connectivity index (χ0n) is 7.11. The molecule has 74 valence electrons. The van der Waals surface area contributed by atoms with Crippen LogP contribution in [0, 0.1) is 3.57 Å². The third kappa shape index (κ3) is 1.98. The fourth-order valence-corrected chi connectivity index (χ4v) is 3.88. The van der Waals surface area contributed by atoms with E-state index in [9.17, 15) is 0 Å². The number of nitrogens with zero attached hydrogens (tertiary/aromatic N) is 1. The Morgan fingerprint density at radius 3 is 2.86 bits per heavy atom. The SMILES string of the molecule is NNC(c1ccns1)c1sccc1I. The Kier molecular flexibility index (Phi) is 3.50. The van der Waals surface area contributed by atoms with Crippen LogP contribution in [0.15, 0.2) is 23.7 Å². The van der Waals surface area contributed by atoms with Gasteiger partial charge in [0.2, 0.25) is 0 Å². The fourth-order valence-electron chi connectivity index (χ4n) is 1.17. The molecular weight excluding hydrogens is 329 g/mol. The van der Waals surface area contributed by atoms with Gasteiger partial charge in [-0.15, -0.1) is 11.3 Å². The molecule has 2 rings (SSSR count). The predicted molar refractivity (Wildman–Crippen MR) is 68.3 cm³/mol. The van der Waals surface area contributed by atoms with Gasteiger partial charge in [-0.3, -0.25) is 5.84 Å². The number of hydrogen-bond donors (Lipinski definition) is 2. The molecular formula is C8H8IN3S2. The predicted octanol–water partition coefficient (Wildman–Crippen LogP) is 2.36. The van der Waals surface area contributed by atoms with Crippen molar-refractivity contribution in [2.24, 2.45) is 5.84 Å². The molecule has 2 aromatic rings. The van der Waals surface area contributed by atoms with Crippen molar-refractivity contribution in [2.75, 3.05) is 0 Å². The van der Waals surface area contributed by atoms with Gasteiger partial charge in [-0.1, -0.05) is 0 Å². The van der Waals surface area contributed by atoms with Crippen molar-refractivity contribution in [3.8, 4) is 0 Å². The van der Waals surface area contributed by atoms with Crippen molar-refractivity contribution in [1.82, 2.24) is 9.80 Å². The van der Waals surface area contributed by atoms with E-state index < -0.39 is 0 Å². The van der Waals surface area contributed by atoms with Gasteiger partial charge < -0.3 is 0 Å². The highest BCUT2D eigenvalue weighted by Crippen LogP contribution is 2.31. The summed E-state index contributed by atoms with van der Waals surface area (Å²) < 4.78 is 5.32. The summed E-state index contributed by atoms with van der Waals surface area (Å²) in [5.74, 6) is 5.56. The van der Waals surface area contributed by atoms with Gasteiger partial charge in [-0.25, -0.2) is 9.80 Å². The van der Waals surface area contributed by atoms with Crippen molar-refractivity contribution in [3.05, 3.63) is 37.0 Å². The number of thiophene rings is 1. The van der Waals surface area contributed by atoms with E-state index in [4.69, 9.17) is 5.84 Å². The lowest BCUT2D eigenvalue weighted by molar-refractivity contribution is 0.654. The quantitative estimate of drug-likeness (QED) is 0.514. The van der Waals surface area contributed by atoms with E-state index in [1.54, 1.807) is 17.5 Å². The molecule has 1 atom stereocenters. The number of hydrazine groups is 1. The first-order chi connectivity index (χ1) is 6.83. The van der Waals surface area contributed by atoms with Crippen molar-refractivity contribution >= 4 is 45.5 Å². The maximum atomic E-state index is 5.56. The van der Waals surface area contributed by atoms with Crippen LogP contribution < -0.4 is 11.3 Å². The monoisotopic (exact) mass is 337 g/mol. The molecule has 2 aromatic heterocycles. The Bertz CT molecular complexity index is 398. The number of halogens is 1. The second-order valence-corrected chi connectivity index (χ2v) is 5.62. The van der Waals surface area contributed by atoms with E-state index in [1.807, 2.05) is 6.07 Å². The summed E-state index contributed by atoms with van der Waals surface area (Å²) in [6, 6.07) is 4.16. The zero-order valence-corrected chi connectivity index (χ0v) is 10.9. The number of aromatic nitrogens is 1. The summed E-state index contributed by atoms with van der Waals surface area (Å²) in [6.45, 7) is 0. The van der Waals surface area contributed by atoms with Gasteiger partial charge in [0.05, 0.1) is 6.04 Å². The van der Waals surface area contributed by atoms with Crippen LogP contribution in [-0.4, -0.2) is 4.37 Å². The van der Waals surface area contributed by atoms with E-state index >= 15 is 0 Å². The molecule has 0 fully saturated rings. The Hall–Kier alpha value is -0.0200. The maximum Gasteiger partial charge on any atom is 0.0921 e. The van der Waals surface area contributed by atoms with Gasteiger partial charge >= 0.3 is 0 Å². The molecule has 0 amide bonds. The molecule has 0 saturated carbocycles. The molecule has 3 nitrogen and oxygen atoms in total. The molecule has 0 aliphatic rings. The average molecular weight is 337 g/mol. The van der Waals surface area contributed by atoms with Gasteiger partial charge in [0, 0.05) is 19.5 Å². The summed E-state index contributed by atoms with van der Waals surface area (Å²) in [5, 5.41) is 2.07. The smallest absolute Gasteiger partial charge is 0.0921 e. The van der Waals surface area contributed by atoms with Crippen LogP contribution in [-0.2, 0) is 0 Å². The maximum absolute atomic E-state index is 5.56.